The number of anilines is 1. The van der Waals surface area contributed by atoms with Gasteiger partial charge in [0.1, 0.15) is 5.76 Å². The fourth-order valence-corrected chi connectivity index (χ4v) is 2.26. The van der Waals surface area contributed by atoms with Gasteiger partial charge < -0.3 is 10.2 Å². The van der Waals surface area contributed by atoms with Crippen molar-refractivity contribution < 1.29 is 9.63 Å². The van der Waals surface area contributed by atoms with E-state index >= 15 is 0 Å². The van der Waals surface area contributed by atoms with E-state index in [-0.39, 0.29) is 5.91 Å². The Hall–Kier alpha value is -2.88. The first kappa shape index (κ1) is 14.1. The van der Waals surface area contributed by atoms with Crippen molar-refractivity contribution in [3.05, 3.63) is 77.6 Å². The van der Waals surface area contributed by atoms with Crippen molar-refractivity contribution in [3.63, 3.8) is 0 Å². The third-order valence-electron chi connectivity index (χ3n) is 3.47. The number of nitrogens with zero attached hydrogens (tertiary/aromatic N) is 1. The van der Waals surface area contributed by atoms with E-state index in [1.807, 2.05) is 60.7 Å². The van der Waals surface area contributed by atoms with Crippen molar-refractivity contribution in [2.24, 2.45) is 5.16 Å². The molecule has 1 aliphatic rings. The van der Waals surface area contributed by atoms with Gasteiger partial charge in [-0.2, -0.15) is 0 Å². The molecule has 0 aromatic heterocycles. The van der Waals surface area contributed by atoms with E-state index in [1.165, 1.54) is 0 Å². The van der Waals surface area contributed by atoms with E-state index < -0.39 is 0 Å². The molecule has 22 heavy (non-hydrogen) atoms. The molecular formula is C18H16N2O2. The van der Waals surface area contributed by atoms with Gasteiger partial charge in [-0.15, -0.1) is 0 Å². The van der Waals surface area contributed by atoms with Crippen LogP contribution < -0.4 is 5.32 Å². The molecule has 0 unspecified atom stereocenters. The molecule has 0 aliphatic carbocycles. The summed E-state index contributed by atoms with van der Waals surface area (Å²) in [5, 5.41) is 6.98. The van der Waals surface area contributed by atoms with Gasteiger partial charge in [0.15, 0.2) is 0 Å². The molecule has 1 N–H and O–H groups in total. The predicted octanol–water partition coefficient (Wildman–Crippen LogP) is 3.72. The summed E-state index contributed by atoms with van der Waals surface area (Å²) in [6.45, 7) is 1.76. The Bertz CT molecular complexity index is 734. The van der Waals surface area contributed by atoms with E-state index in [2.05, 4.69) is 10.5 Å². The fourth-order valence-electron chi connectivity index (χ4n) is 2.26. The van der Waals surface area contributed by atoms with Gasteiger partial charge in [-0.1, -0.05) is 53.7 Å². The Morgan fingerprint density at radius 2 is 1.68 bits per heavy atom. The molecule has 2 aromatic carbocycles. The second-order valence-corrected chi connectivity index (χ2v) is 5.03. The predicted molar refractivity (Wildman–Crippen MR) is 86.5 cm³/mol. The van der Waals surface area contributed by atoms with E-state index in [0.29, 0.717) is 17.8 Å². The molecule has 4 nitrogen and oxygen atoms in total. The van der Waals surface area contributed by atoms with Crippen LogP contribution in [0.1, 0.15) is 18.9 Å². The normalized spacial score (nSPS) is 14.1. The molecule has 1 amide bonds. The van der Waals surface area contributed by atoms with Crippen LogP contribution in [0, 0.1) is 0 Å². The number of rotatable bonds is 3. The van der Waals surface area contributed by atoms with Gasteiger partial charge in [0.05, 0.1) is 11.3 Å². The lowest BCUT2D eigenvalue weighted by Gasteiger charge is -2.17. The van der Waals surface area contributed by atoms with Gasteiger partial charge in [0.25, 0.3) is 5.91 Å². The third kappa shape index (κ3) is 3.06. The minimum atomic E-state index is -0.160. The Morgan fingerprint density at radius 3 is 2.36 bits per heavy atom. The number of amides is 1. The van der Waals surface area contributed by atoms with Crippen LogP contribution in [-0.4, -0.2) is 11.6 Å². The molecule has 0 radical (unpaired) electrons. The first-order valence-electron chi connectivity index (χ1n) is 7.09. The quantitative estimate of drug-likeness (QED) is 0.937. The minimum absolute atomic E-state index is 0.160. The summed E-state index contributed by atoms with van der Waals surface area (Å²) in [6.07, 6.45) is 0.453. The third-order valence-corrected chi connectivity index (χ3v) is 3.47. The first-order valence-corrected chi connectivity index (χ1v) is 7.09. The smallest absolute Gasteiger partial charge is 0.255 e. The van der Waals surface area contributed by atoms with Crippen LogP contribution in [0.5, 0.6) is 0 Å². The van der Waals surface area contributed by atoms with Gasteiger partial charge >= 0.3 is 0 Å². The van der Waals surface area contributed by atoms with Crippen molar-refractivity contribution in [1.29, 1.82) is 0 Å². The average molecular weight is 292 g/mol. The van der Waals surface area contributed by atoms with Crippen molar-refractivity contribution in [3.8, 4) is 0 Å². The molecule has 3 rings (SSSR count). The number of nitrogens with one attached hydrogen (secondary N) is 1. The molecule has 110 valence electrons. The Labute approximate surface area is 129 Å². The maximum absolute atomic E-state index is 12.5. The van der Waals surface area contributed by atoms with E-state index in [1.54, 1.807) is 6.92 Å². The number of oxime groups is 1. The number of carbonyl (C=O) groups is 1. The van der Waals surface area contributed by atoms with Crippen molar-refractivity contribution in [2.75, 3.05) is 5.32 Å². The summed E-state index contributed by atoms with van der Waals surface area (Å²) in [6, 6.07) is 19.1. The standard InChI is InChI=1S/C18H16N2O2/c1-13-16(18(21)19-15-10-6-3-7-11-15)12-17(20-22-13)14-8-4-2-5-9-14/h2-11H,12H2,1H3,(H,19,21). The second-order valence-electron chi connectivity index (χ2n) is 5.03. The van der Waals surface area contributed by atoms with Crippen molar-refractivity contribution in [2.45, 2.75) is 13.3 Å². The van der Waals surface area contributed by atoms with E-state index in [0.717, 1.165) is 17.0 Å². The van der Waals surface area contributed by atoms with Gasteiger partial charge in [0, 0.05) is 12.1 Å². The lowest BCUT2D eigenvalue weighted by atomic mass is 10.00. The number of carbonyl (C=O) groups excluding carboxylic acids is 1. The lowest BCUT2D eigenvalue weighted by molar-refractivity contribution is -0.113. The number of allylic oxidation sites excluding steroid dienone is 1. The molecular weight excluding hydrogens is 276 g/mol. The van der Waals surface area contributed by atoms with Crippen molar-refractivity contribution in [1.82, 2.24) is 0 Å². The van der Waals surface area contributed by atoms with Gasteiger partial charge in [-0.3, -0.25) is 4.79 Å². The van der Waals surface area contributed by atoms with Crippen LogP contribution in [0.2, 0.25) is 0 Å². The Balaban J connectivity index is 1.77. The summed E-state index contributed by atoms with van der Waals surface area (Å²) in [7, 11) is 0. The fraction of sp³-hybridized carbons (Fsp3) is 0.111. The summed E-state index contributed by atoms with van der Waals surface area (Å²) in [5.41, 5.74) is 3.07. The number of benzene rings is 2. The maximum Gasteiger partial charge on any atom is 0.255 e. The SMILES string of the molecule is CC1=C(C(=O)Nc2ccccc2)CC(c2ccccc2)=NO1. The van der Waals surface area contributed by atoms with Gasteiger partial charge in [-0.05, 0) is 24.6 Å². The van der Waals surface area contributed by atoms with Crippen LogP contribution in [0.25, 0.3) is 0 Å². The molecule has 0 fully saturated rings. The molecule has 1 heterocycles. The van der Waals surface area contributed by atoms with E-state index in [4.69, 9.17) is 4.84 Å². The molecule has 0 atom stereocenters. The zero-order valence-electron chi connectivity index (χ0n) is 12.2. The molecule has 1 aliphatic heterocycles. The molecule has 0 saturated heterocycles. The molecule has 0 spiro atoms. The topological polar surface area (TPSA) is 50.7 Å². The highest BCUT2D eigenvalue weighted by Crippen LogP contribution is 2.22. The molecule has 0 bridgehead atoms. The second kappa shape index (κ2) is 6.26. The Kier molecular flexibility index (Phi) is 4.01. The monoisotopic (exact) mass is 292 g/mol. The zero-order chi connectivity index (χ0) is 15.4. The van der Waals surface area contributed by atoms with Crippen LogP contribution in [-0.2, 0) is 9.63 Å². The lowest BCUT2D eigenvalue weighted by Crippen LogP contribution is -2.21. The van der Waals surface area contributed by atoms with Crippen molar-refractivity contribution >= 4 is 17.3 Å². The molecule has 2 aromatic rings. The highest BCUT2D eigenvalue weighted by atomic mass is 16.6. The minimum Gasteiger partial charge on any atom is -0.361 e. The average Bonchev–Trinajstić information content (AvgIpc) is 2.57. The highest BCUT2D eigenvalue weighted by molar-refractivity contribution is 6.11. The molecule has 0 saturated carbocycles. The highest BCUT2D eigenvalue weighted by Gasteiger charge is 2.22. The summed E-state index contributed by atoms with van der Waals surface area (Å²) in [4.78, 5) is 17.8. The maximum atomic E-state index is 12.5. The van der Waals surface area contributed by atoms with Crippen LogP contribution >= 0.6 is 0 Å². The summed E-state index contributed by atoms with van der Waals surface area (Å²) >= 11 is 0. The summed E-state index contributed by atoms with van der Waals surface area (Å²) in [5.74, 6) is 0.375. The van der Waals surface area contributed by atoms with Crippen LogP contribution in [0.15, 0.2) is 77.2 Å². The van der Waals surface area contributed by atoms with Gasteiger partial charge in [-0.25, -0.2) is 0 Å². The largest absolute Gasteiger partial charge is 0.361 e. The number of hydrogen-bond acceptors (Lipinski definition) is 3. The molecule has 4 heteroatoms. The van der Waals surface area contributed by atoms with Gasteiger partial charge in [0.2, 0.25) is 0 Å². The summed E-state index contributed by atoms with van der Waals surface area (Å²) < 4.78 is 0. The zero-order valence-corrected chi connectivity index (χ0v) is 12.2. The number of para-hydroxylation sites is 1. The Morgan fingerprint density at radius 1 is 1.05 bits per heavy atom. The van der Waals surface area contributed by atoms with Crippen LogP contribution in [0.4, 0.5) is 5.69 Å². The first-order chi connectivity index (χ1) is 10.7. The number of hydrogen-bond donors (Lipinski definition) is 1. The van der Waals surface area contributed by atoms with Crippen LogP contribution in [0.3, 0.4) is 0 Å². The van der Waals surface area contributed by atoms with E-state index in [9.17, 15) is 4.79 Å².